The zero-order valence-corrected chi connectivity index (χ0v) is 23.2. The molecule has 4 rings (SSSR count). The average molecular weight is 537 g/mol. The highest BCUT2D eigenvalue weighted by molar-refractivity contribution is 5.71. The highest BCUT2D eigenvalue weighted by atomic mass is 19.1. The lowest BCUT2D eigenvalue weighted by Gasteiger charge is -2.30. The van der Waals surface area contributed by atoms with E-state index in [4.69, 9.17) is 14.6 Å². The van der Waals surface area contributed by atoms with Crippen LogP contribution in [0.2, 0.25) is 0 Å². The van der Waals surface area contributed by atoms with Gasteiger partial charge in [-0.3, -0.25) is 4.79 Å². The number of methoxy groups -OCH3 is 1. The fraction of sp³-hybridized carbons (Fsp3) is 0.424. The number of hydrogen-bond acceptors (Lipinski definition) is 3. The third kappa shape index (κ3) is 6.97. The Morgan fingerprint density at radius 3 is 2.38 bits per heavy atom. The molecule has 1 aliphatic rings. The van der Waals surface area contributed by atoms with Gasteiger partial charge in [-0.25, -0.2) is 8.78 Å². The lowest BCUT2D eigenvalue weighted by molar-refractivity contribution is -0.138. The van der Waals surface area contributed by atoms with Crippen molar-refractivity contribution in [2.75, 3.05) is 7.11 Å². The van der Waals surface area contributed by atoms with E-state index in [1.54, 1.807) is 12.1 Å². The second kappa shape index (κ2) is 12.2. The number of hydrogen-bond donors (Lipinski definition) is 1. The van der Waals surface area contributed by atoms with Crippen LogP contribution in [0.3, 0.4) is 0 Å². The molecule has 2 atom stereocenters. The number of aliphatic carboxylic acids is 1. The minimum Gasteiger partial charge on any atom is -0.497 e. The quantitative estimate of drug-likeness (QED) is 0.267. The van der Waals surface area contributed by atoms with Crippen molar-refractivity contribution in [2.24, 2.45) is 11.3 Å². The van der Waals surface area contributed by atoms with Crippen LogP contribution in [0.4, 0.5) is 8.78 Å². The molecule has 0 heterocycles. The van der Waals surface area contributed by atoms with Crippen molar-refractivity contribution in [3.05, 3.63) is 82.9 Å². The fourth-order valence-electron chi connectivity index (χ4n) is 5.74. The molecule has 0 aromatic heterocycles. The smallest absolute Gasteiger partial charge is 0.303 e. The van der Waals surface area contributed by atoms with Gasteiger partial charge >= 0.3 is 5.97 Å². The molecule has 208 valence electrons. The summed E-state index contributed by atoms with van der Waals surface area (Å²) in [6.07, 6.45) is 4.83. The number of benzene rings is 3. The van der Waals surface area contributed by atoms with Crippen molar-refractivity contribution in [3.63, 3.8) is 0 Å². The number of ether oxygens (including phenoxy) is 2. The highest BCUT2D eigenvalue weighted by Gasteiger charge is 2.37. The molecule has 1 fully saturated rings. The van der Waals surface area contributed by atoms with Gasteiger partial charge in [0.25, 0.3) is 0 Å². The average Bonchev–Trinajstić information content (AvgIpc) is 3.25. The Morgan fingerprint density at radius 2 is 1.74 bits per heavy atom. The van der Waals surface area contributed by atoms with Crippen LogP contribution in [0.1, 0.15) is 75.5 Å². The molecule has 4 nitrogen and oxygen atoms in total. The van der Waals surface area contributed by atoms with Crippen LogP contribution in [-0.4, -0.2) is 18.2 Å². The lowest BCUT2D eigenvalue weighted by atomic mass is 9.75. The summed E-state index contributed by atoms with van der Waals surface area (Å²) in [6, 6.07) is 15.5. The lowest BCUT2D eigenvalue weighted by Crippen LogP contribution is -2.17. The Balaban J connectivity index is 1.56. The molecule has 39 heavy (non-hydrogen) atoms. The van der Waals surface area contributed by atoms with Gasteiger partial charge in [0, 0.05) is 17.5 Å². The maximum Gasteiger partial charge on any atom is 0.303 e. The molecule has 0 saturated heterocycles. The van der Waals surface area contributed by atoms with Crippen molar-refractivity contribution in [1.29, 1.82) is 0 Å². The van der Waals surface area contributed by atoms with E-state index in [2.05, 4.69) is 13.8 Å². The van der Waals surface area contributed by atoms with Crippen molar-refractivity contribution < 1.29 is 28.2 Å². The van der Waals surface area contributed by atoms with Gasteiger partial charge in [-0.05, 0) is 102 Å². The van der Waals surface area contributed by atoms with Gasteiger partial charge in [0.1, 0.15) is 29.7 Å². The Hall–Kier alpha value is -3.41. The van der Waals surface area contributed by atoms with E-state index in [-0.39, 0.29) is 30.3 Å². The molecule has 0 radical (unpaired) electrons. The maximum atomic E-state index is 15.5. The second-order valence-electron chi connectivity index (χ2n) is 11.5. The van der Waals surface area contributed by atoms with Crippen LogP contribution in [0.5, 0.6) is 11.5 Å². The molecular formula is C33H38F2O4. The van der Waals surface area contributed by atoms with Gasteiger partial charge in [0.15, 0.2) is 0 Å². The number of halogens is 2. The van der Waals surface area contributed by atoms with Gasteiger partial charge in [0.05, 0.1) is 7.11 Å². The zero-order chi connectivity index (χ0) is 28.2. The van der Waals surface area contributed by atoms with E-state index in [1.165, 1.54) is 19.2 Å². The minimum absolute atomic E-state index is 0.0117. The van der Waals surface area contributed by atoms with Crippen LogP contribution in [-0.2, 0) is 17.8 Å². The third-order valence-corrected chi connectivity index (χ3v) is 8.08. The SMILES string of the molecule is COc1ccc(F)c(-c2cc(F)c(COc3ccc(CC[C@H](C)CC(=O)O)cc3)cc2[C@@H]2CCCC2(C)C)c1. The molecule has 3 aromatic carbocycles. The number of aryl methyl sites for hydroxylation is 1. The predicted octanol–water partition coefficient (Wildman–Crippen LogP) is 8.56. The molecular weight excluding hydrogens is 498 g/mol. The van der Waals surface area contributed by atoms with Gasteiger partial charge in [-0.15, -0.1) is 0 Å². The number of carboxylic acid groups (broad SMARTS) is 1. The molecule has 6 heteroatoms. The first-order valence-corrected chi connectivity index (χ1v) is 13.7. The first-order valence-electron chi connectivity index (χ1n) is 13.7. The summed E-state index contributed by atoms with van der Waals surface area (Å²) in [5.74, 6) is -0.198. The van der Waals surface area contributed by atoms with Crippen molar-refractivity contribution in [3.8, 4) is 22.6 Å². The normalized spacial score (nSPS) is 17.1. The van der Waals surface area contributed by atoms with Crippen LogP contribution in [0, 0.1) is 23.0 Å². The second-order valence-corrected chi connectivity index (χ2v) is 11.5. The van der Waals surface area contributed by atoms with E-state index in [0.29, 0.717) is 28.2 Å². The summed E-state index contributed by atoms with van der Waals surface area (Å²) >= 11 is 0. The molecule has 1 saturated carbocycles. The molecule has 0 spiro atoms. The minimum atomic E-state index is -0.778. The summed E-state index contributed by atoms with van der Waals surface area (Å²) in [5.41, 5.74) is 3.39. The molecule has 0 unspecified atom stereocenters. The largest absolute Gasteiger partial charge is 0.497 e. The van der Waals surface area contributed by atoms with Crippen molar-refractivity contribution in [2.45, 2.75) is 71.8 Å². The topological polar surface area (TPSA) is 55.8 Å². The van der Waals surface area contributed by atoms with E-state index < -0.39 is 17.6 Å². The first-order chi connectivity index (χ1) is 18.6. The Morgan fingerprint density at radius 1 is 1.03 bits per heavy atom. The summed E-state index contributed by atoms with van der Waals surface area (Å²) in [4.78, 5) is 10.9. The maximum absolute atomic E-state index is 15.5. The monoisotopic (exact) mass is 536 g/mol. The zero-order valence-electron chi connectivity index (χ0n) is 23.2. The summed E-state index contributed by atoms with van der Waals surface area (Å²) in [6.45, 7) is 6.44. The van der Waals surface area contributed by atoms with Crippen molar-refractivity contribution >= 4 is 5.97 Å². The standard InChI is InChI=1S/C33H38F2O4/c1-21(16-32(36)37)7-8-22-9-11-24(12-10-22)39-20-23-17-27(29-6-5-15-33(29,2)3)26(19-31(23)35)28-18-25(38-4)13-14-30(28)34/h9-14,17-19,21,29H,5-8,15-16,20H2,1-4H3,(H,36,37)/t21-,29-/m0/s1. The molecule has 3 aromatic rings. The molecule has 0 aliphatic heterocycles. The molecule has 0 amide bonds. The van der Waals surface area contributed by atoms with Gasteiger partial charge in [0.2, 0.25) is 0 Å². The molecule has 1 N–H and O–H groups in total. The predicted molar refractivity (Wildman–Crippen MR) is 149 cm³/mol. The Labute approximate surface area is 230 Å². The number of rotatable bonds is 11. The molecule has 0 bridgehead atoms. The van der Waals surface area contributed by atoms with E-state index in [0.717, 1.165) is 43.2 Å². The van der Waals surface area contributed by atoms with E-state index >= 15 is 8.78 Å². The molecule has 1 aliphatic carbocycles. The summed E-state index contributed by atoms with van der Waals surface area (Å²) < 4.78 is 41.8. The van der Waals surface area contributed by atoms with Crippen LogP contribution >= 0.6 is 0 Å². The Kier molecular flexibility index (Phi) is 8.94. The fourth-order valence-corrected chi connectivity index (χ4v) is 5.74. The first kappa shape index (κ1) is 28.6. The number of carbonyl (C=O) groups is 1. The summed E-state index contributed by atoms with van der Waals surface area (Å²) in [7, 11) is 1.53. The van der Waals surface area contributed by atoms with Gasteiger partial charge in [-0.2, -0.15) is 0 Å². The summed E-state index contributed by atoms with van der Waals surface area (Å²) in [5, 5.41) is 8.94. The number of carboxylic acids is 1. The van der Waals surface area contributed by atoms with E-state index in [1.807, 2.05) is 37.3 Å². The van der Waals surface area contributed by atoms with Crippen molar-refractivity contribution in [1.82, 2.24) is 0 Å². The van der Waals surface area contributed by atoms with Gasteiger partial charge in [-0.1, -0.05) is 39.3 Å². The van der Waals surface area contributed by atoms with Crippen LogP contribution in [0.25, 0.3) is 11.1 Å². The van der Waals surface area contributed by atoms with Crippen LogP contribution < -0.4 is 9.47 Å². The van der Waals surface area contributed by atoms with Gasteiger partial charge < -0.3 is 14.6 Å². The van der Waals surface area contributed by atoms with Crippen LogP contribution in [0.15, 0.2) is 54.6 Å². The Bertz CT molecular complexity index is 1300. The highest BCUT2D eigenvalue weighted by Crippen LogP contribution is 2.51. The third-order valence-electron chi connectivity index (χ3n) is 8.08. The van der Waals surface area contributed by atoms with E-state index in [9.17, 15) is 4.79 Å².